The lowest BCUT2D eigenvalue weighted by molar-refractivity contribution is -0.116. The lowest BCUT2D eigenvalue weighted by Gasteiger charge is -2.37. The van der Waals surface area contributed by atoms with Crippen molar-refractivity contribution in [3.8, 4) is 0 Å². The predicted molar refractivity (Wildman–Crippen MR) is 80.4 cm³/mol. The zero-order chi connectivity index (χ0) is 15.2. The highest BCUT2D eigenvalue weighted by Gasteiger charge is 2.24. The molecule has 116 valence electrons. The summed E-state index contributed by atoms with van der Waals surface area (Å²) < 4.78 is 12.9. The van der Waals surface area contributed by atoms with Crippen LogP contribution in [0.2, 0.25) is 0 Å². The van der Waals surface area contributed by atoms with E-state index in [1.54, 1.807) is 0 Å². The highest BCUT2D eigenvalue weighted by atomic mass is 19.1. The van der Waals surface area contributed by atoms with Gasteiger partial charge in [0, 0.05) is 25.6 Å². The average molecular weight is 295 g/mol. The minimum Gasteiger partial charge on any atom is -0.397 e. The maximum absolute atomic E-state index is 12.9. The number of nitrogens with zero attached hydrogens (tertiary/aromatic N) is 1. The lowest BCUT2D eigenvalue weighted by Crippen LogP contribution is -2.43. The molecule has 0 aliphatic heterocycles. The van der Waals surface area contributed by atoms with Crippen molar-refractivity contribution in [1.82, 2.24) is 4.90 Å². The van der Waals surface area contributed by atoms with Gasteiger partial charge in [-0.25, -0.2) is 4.39 Å². The van der Waals surface area contributed by atoms with E-state index in [-0.39, 0.29) is 18.2 Å². The van der Waals surface area contributed by atoms with Crippen LogP contribution in [0.25, 0.3) is 0 Å². The molecule has 5 nitrogen and oxygen atoms in total. The number of carbonyl (C=O) groups is 1. The normalized spacial score (nSPS) is 15.0. The molecule has 0 aromatic heterocycles. The van der Waals surface area contributed by atoms with Crippen molar-refractivity contribution in [2.75, 3.05) is 30.7 Å². The summed E-state index contributed by atoms with van der Waals surface area (Å²) in [5.74, 6) is -0.583. The summed E-state index contributed by atoms with van der Waals surface area (Å²) in [5, 5.41) is 11.8. The topological polar surface area (TPSA) is 78.6 Å². The number of aliphatic hydroxyl groups is 1. The van der Waals surface area contributed by atoms with Gasteiger partial charge in [0.15, 0.2) is 0 Å². The van der Waals surface area contributed by atoms with Crippen molar-refractivity contribution in [3.63, 3.8) is 0 Å². The van der Waals surface area contributed by atoms with Gasteiger partial charge in [0.25, 0.3) is 0 Å². The van der Waals surface area contributed by atoms with Gasteiger partial charge in [-0.05, 0) is 31.0 Å². The molecule has 0 heterocycles. The third-order valence-corrected chi connectivity index (χ3v) is 3.89. The molecule has 0 bridgehead atoms. The van der Waals surface area contributed by atoms with Gasteiger partial charge in [-0.2, -0.15) is 0 Å². The Balaban J connectivity index is 1.83. The maximum atomic E-state index is 12.9. The number of hydrogen-bond acceptors (Lipinski definition) is 4. The summed E-state index contributed by atoms with van der Waals surface area (Å²) in [6.45, 7) is 1.30. The molecule has 0 unspecified atom stereocenters. The number of nitrogens with one attached hydrogen (secondary N) is 1. The maximum Gasteiger partial charge on any atom is 0.225 e. The van der Waals surface area contributed by atoms with Gasteiger partial charge in [-0.1, -0.05) is 6.42 Å². The average Bonchev–Trinajstić information content (AvgIpc) is 2.37. The molecule has 1 amide bonds. The third-order valence-electron chi connectivity index (χ3n) is 3.89. The molecule has 21 heavy (non-hydrogen) atoms. The van der Waals surface area contributed by atoms with Crippen LogP contribution in [0.15, 0.2) is 18.2 Å². The minimum atomic E-state index is -0.426. The second-order valence-corrected chi connectivity index (χ2v) is 5.37. The Morgan fingerprint density at radius 1 is 1.43 bits per heavy atom. The molecule has 4 N–H and O–H groups in total. The summed E-state index contributed by atoms with van der Waals surface area (Å²) in [5.41, 5.74) is 6.30. The van der Waals surface area contributed by atoms with Crippen LogP contribution >= 0.6 is 0 Å². The summed E-state index contributed by atoms with van der Waals surface area (Å²) in [7, 11) is 0. The Kier molecular flexibility index (Phi) is 5.52. The van der Waals surface area contributed by atoms with Gasteiger partial charge in [-0.15, -0.1) is 0 Å². The smallest absolute Gasteiger partial charge is 0.225 e. The Hall–Kier alpha value is -1.66. The Morgan fingerprint density at radius 3 is 2.76 bits per heavy atom. The molecule has 1 aliphatic carbocycles. The van der Waals surface area contributed by atoms with Crippen LogP contribution in [0.3, 0.4) is 0 Å². The number of carbonyl (C=O) groups excluding carboxylic acids is 1. The molecule has 1 fully saturated rings. The number of benzene rings is 1. The molecule has 2 rings (SSSR count). The molecule has 1 aliphatic rings. The van der Waals surface area contributed by atoms with E-state index in [4.69, 9.17) is 10.8 Å². The van der Waals surface area contributed by atoms with Crippen molar-refractivity contribution in [1.29, 1.82) is 0 Å². The van der Waals surface area contributed by atoms with E-state index < -0.39 is 5.82 Å². The fraction of sp³-hybridized carbons (Fsp3) is 0.533. The van der Waals surface area contributed by atoms with E-state index >= 15 is 0 Å². The van der Waals surface area contributed by atoms with Crippen molar-refractivity contribution in [2.24, 2.45) is 0 Å². The van der Waals surface area contributed by atoms with E-state index in [0.29, 0.717) is 31.2 Å². The highest BCUT2D eigenvalue weighted by molar-refractivity contribution is 5.93. The molecule has 6 heteroatoms. The number of aliphatic hydroxyl groups excluding tert-OH is 1. The van der Waals surface area contributed by atoms with Crippen LogP contribution in [-0.4, -0.2) is 41.7 Å². The van der Waals surface area contributed by atoms with Gasteiger partial charge in [0.2, 0.25) is 5.91 Å². The number of amides is 1. The Morgan fingerprint density at radius 2 is 2.19 bits per heavy atom. The lowest BCUT2D eigenvalue weighted by atomic mass is 9.91. The van der Waals surface area contributed by atoms with Gasteiger partial charge in [-0.3, -0.25) is 9.69 Å². The number of hydrogen-bond donors (Lipinski definition) is 3. The molecule has 1 aromatic rings. The quantitative estimate of drug-likeness (QED) is 0.667. The fourth-order valence-corrected chi connectivity index (χ4v) is 2.46. The van der Waals surface area contributed by atoms with E-state index in [9.17, 15) is 9.18 Å². The zero-order valence-corrected chi connectivity index (χ0v) is 12.0. The van der Waals surface area contributed by atoms with Gasteiger partial charge in [0.1, 0.15) is 5.82 Å². The number of halogens is 1. The zero-order valence-electron chi connectivity index (χ0n) is 12.0. The summed E-state index contributed by atoms with van der Waals surface area (Å²) in [4.78, 5) is 14.1. The van der Waals surface area contributed by atoms with Crippen molar-refractivity contribution in [2.45, 2.75) is 31.7 Å². The Bertz CT molecular complexity index is 492. The monoisotopic (exact) mass is 295 g/mol. The third kappa shape index (κ3) is 4.41. The SMILES string of the molecule is Nc1cc(F)ccc1NC(=O)CCN(CCO)C1CCC1. The second-order valence-electron chi connectivity index (χ2n) is 5.37. The Labute approximate surface area is 123 Å². The first-order valence-electron chi connectivity index (χ1n) is 7.30. The highest BCUT2D eigenvalue weighted by Crippen LogP contribution is 2.25. The molecular weight excluding hydrogens is 273 g/mol. The van der Waals surface area contributed by atoms with Crippen LogP contribution in [0.5, 0.6) is 0 Å². The first-order chi connectivity index (χ1) is 10.1. The fourth-order valence-electron chi connectivity index (χ4n) is 2.46. The van der Waals surface area contributed by atoms with Crippen LogP contribution in [0.4, 0.5) is 15.8 Å². The van der Waals surface area contributed by atoms with Crippen molar-refractivity contribution >= 4 is 17.3 Å². The largest absolute Gasteiger partial charge is 0.397 e. The molecule has 0 radical (unpaired) electrons. The van der Waals surface area contributed by atoms with Crippen molar-refractivity contribution < 1.29 is 14.3 Å². The van der Waals surface area contributed by atoms with E-state index in [2.05, 4.69) is 10.2 Å². The van der Waals surface area contributed by atoms with Crippen molar-refractivity contribution in [3.05, 3.63) is 24.0 Å². The number of nitrogens with two attached hydrogens (primary N) is 1. The van der Waals surface area contributed by atoms with Gasteiger partial charge < -0.3 is 16.2 Å². The van der Waals surface area contributed by atoms with Crippen LogP contribution in [-0.2, 0) is 4.79 Å². The van der Waals surface area contributed by atoms with Gasteiger partial charge in [0.05, 0.1) is 18.0 Å². The minimum absolute atomic E-state index is 0.100. The molecule has 0 saturated heterocycles. The first kappa shape index (κ1) is 15.7. The molecule has 0 spiro atoms. The summed E-state index contributed by atoms with van der Waals surface area (Å²) >= 11 is 0. The number of nitrogen functional groups attached to an aromatic ring is 1. The van der Waals surface area contributed by atoms with Gasteiger partial charge >= 0.3 is 0 Å². The summed E-state index contributed by atoms with van der Waals surface area (Å²) in [6, 6.07) is 4.39. The predicted octanol–water partition coefficient (Wildman–Crippen LogP) is 1.58. The second kappa shape index (κ2) is 7.38. The van der Waals surface area contributed by atoms with Crippen LogP contribution in [0.1, 0.15) is 25.7 Å². The standard InChI is InChI=1S/C15H22FN3O2/c16-11-4-5-14(13(17)10-11)18-15(21)6-7-19(8-9-20)12-2-1-3-12/h4-5,10,12,20H,1-3,6-9,17H2,(H,18,21). The number of rotatable bonds is 7. The number of anilines is 2. The molecule has 1 aromatic carbocycles. The van der Waals surface area contributed by atoms with E-state index in [1.165, 1.54) is 24.6 Å². The molecular formula is C15H22FN3O2. The molecule has 0 atom stereocenters. The first-order valence-corrected chi connectivity index (χ1v) is 7.30. The summed E-state index contributed by atoms with van der Waals surface area (Å²) in [6.07, 6.45) is 3.80. The van der Waals surface area contributed by atoms with Crippen LogP contribution in [0, 0.1) is 5.82 Å². The van der Waals surface area contributed by atoms with E-state index in [0.717, 1.165) is 12.8 Å². The van der Waals surface area contributed by atoms with Crippen LogP contribution < -0.4 is 11.1 Å². The van der Waals surface area contributed by atoms with E-state index in [1.807, 2.05) is 0 Å². The molecule has 1 saturated carbocycles.